The van der Waals surface area contributed by atoms with Crippen molar-refractivity contribution < 1.29 is 9.66 Å². The van der Waals surface area contributed by atoms with Crippen molar-refractivity contribution in [3.8, 4) is 5.75 Å². The molecule has 1 atom stereocenters. The minimum absolute atomic E-state index is 0.111. The first-order valence-corrected chi connectivity index (χ1v) is 6.54. The third-order valence-corrected chi connectivity index (χ3v) is 2.96. The molecule has 0 aliphatic carbocycles. The van der Waals surface area contributed by atoms with Crippen LogP contribution < -0.4 is 10.1 Å². The lowest BCUT2D eigenvalue weighted by Crippen LogP contribution is -2.24. The highest BCUT2D eigenvalue weighted by Crippen LogP contribution is 2.28. The minimum atomic E-state index is -0.371. The Morgan fingerprint density at radius 3 is 2.63 bits per heavy atom. The van der Waals surface area contributed by atoms with Crippen molar-refractivity contribution in [2.75, 3.05) is 19.7 Å². The molecule has 0 radical (unpaired) electrons. The van der Waals surface area contributed by atoms with E-state index >= 15 is 0 Å². The number of nitrogens with one attached hydrogen (secondary N) is 1. The number of benzene rings is 1. The highest BCUT2D eigenvalue weighted by Gasteiger charge is 2.15. The first-order chi connectivity index (χ1) is 8.95. The molecule has 0 bridgehead atoms. The second-order valence-electron chi connectivity index (χ2n) is 4.89. The average molecular weight is 266 g/mol. The lowest BCUT2D eigenvalue weighted by molar-refractivity contribution is -0.385. The monoisotopic (exact) mass is 266 g/mol. The molecule has 19 heavy (non-hydrogen) atoms. The molecule has 1 N–H and O–H groups in total. The van der Waals surface area contributed by atoms with Gasteiger partial charge in [0, 0.05) is 18.0 Å². The summed E-state index contributed by atoms with van der Waals surface area (Å²) in [6.07, 6.45) is 0. The summed E-state index contributed by atoms with van der Waals surface area (Å²) in [5.41, 5.74) is 1.70. The fourth-order valence-corrected chi connectivity index (χ4v) is 1.86. The van der Waals surface area contributed by atoms with Crippen molar-refractivity contribution >= 4 is 5.69 Å². The van der Waals surface area contributed by atoms with E-state index in [0.29, 0.717) is 23.8 Å². The second-order valence-corrected chi connectivity index (χ2v) is 4.89. The predicted octanol–water partition coefficient (Wildman–Crippen LogP) is 2.84. The summed E-state index contributed by atoms with van der Waals surface area (Å²) >= 11 is 0. The van der Waals surface area contributed by atoms with Gasteiger partial charge in [0.2, 0.25) is 0 Å². The van der Waals surface area contributed by atoms with E-state index in [9.17, 15) is 10.1 Å². The van der Waals surface area contributed by atoms with Crippen LogP contribution in [0.2, 0.25) is 0 Å². The Bertz CT molecular complexity index is 447. The van der Waals surface area contributed by atoms with Crippen LogP contribution in [0.15, 0.2) is 12.1 Å². The number of hydrogen-bond donors (Lipinski definition) is 1. The van der Waals surface area contributed by atoms with Gasteiger partial charge in [0.25, 0.3) is 5.69 Å². The van der Waals surface area contributed by atoms with Crippen LogP contribution in [0.1, 0.15) is 25.0 Å². The van der Waals surface area contributed by atoms with E-state index in [0.717, 1.165) is 18.7 Å². The van der Waals surface area contributed by atoms with E-state index in [2.05, 4.69) is 19.2 Å². The van der Waals surface area contributed by atoms with Gasteiger partial charge in [0.15, 0.2) is 0 Å². The largest absolute Gasteiger partial charge is 0.493 e. The zero-order chi connectivity index (χ0) is 14.4. The quantitative estimate of drug-likeness (QED) is 0.609. The third kappa shape index (κ3) is 4.52. The smallest absolute Gasteiger partial charge is 0.276 e. The molecular weight excluding hydrogens is 244 g/mol. The van der Waals surface area contributed by atoms with Gasteiger partial charge in [-0.1, -0.05) is 13.8 Å². The van der Waals surface area contributed by atoms with Crippen LogP contribution in [-0.4, -0.2) is 24.6 Å². The van der Waals surface area contributed by atoms with E-state index < -0.39 is 0 Å². The summed E-state index contributed by atoms with van der Waals surface area (Å²) in [7, 11) is 0. The number of ether oxygens (including phenoxy) is 1. The summed E-state index contributed by atoms with van der Waals surface area (Å²) in [5, 5.41) is 14.2. The molecule has 0 heterocycles. The Morgan fingerprint density at radius 1 is 1.37 bits per heavy atom. The van der Waals surface area contributed by atoms with Crippen LogP contribution >= 0.6 is 0 Å². The van der Waals surface area contributed by atoms with Crippen molar-refractivity contribution in [1.29, 1.82) is 0 Å². The van der Waals surface area contributed by atoms with Gasteiger partial charge in [-0.2, -0.15) is 0 Å². The van der Waals surface area contributed by atoms with E-state index in [1.165, 1.54) is 6.07 Å². The normalized spacial score (nSPS) is 12.2. The number of nitro groups is 1. The van der Waals surface area contributed by atoms with Crippen LogP contribution in [0.25, 0.3) is 0 Å². The van der Waals surface area contributed by atoms with Gasteiger partial charge >= 0.3 is 0 Å². The SMILES string of the molecule is CCNCC(C)COc1cc([N+](=O)[O-])c(C)cc1C. The van der Waals surface area contributed by atoms with Gasteiger partial charge in [0.05, 0.1) is 17.6 Å². The first kappa shape index (κ1) is 15.4. The molecule has 1 aromatic rings. The lowest BCUT2D eigenvalue weighted by Gasteiger charge is -2.15. The van der Waals surface area contributed by atoms with Gasteiger partial charge in [-0.05, 0) is 32.0 Å². The zero-order valence-electron chi connectivity index (χ0n) is 12.0. The standard InChI is InChI=1S/C14H22N2O3/c1-5-15-8-10(2)9-19-14-7-13(16(17)18)11(3)6-12(14)4/h6-7,10,15H,5,8-9H2,1-4H3. The van der Waals surface area contributed by atoms with Gasteiger partial charge in [-0.3, -0.25) is 10.1 Å². The van der Waals surface area contributed by atoms with Crippen molar-refractivity contribution in [2.45, 2.75) is 27.7 Å². The maximum Gasteiger partial charge on any atom is 0.276 e. The maximum absolute atomic E-state index is 10.9. The van der Waals surface area contributed by atoms with Crippen LogP contribution in [0.4, 0.5) is 5.69 Å². The second kappa shape index (κ2) is 7.09. The third-order valence-electron chi connectivity index (χ3n) is 2.96. The maximum atomic E-state index is 10.9. The molecule has 1 rings (SSSR count). The highest BCUT2D eigenvalue weighted by atomic mass is 16.6. The topological polar surface area (TPSA) is 64.4 Å². The van der Waals surface area contributed by atoms with E-state index in [1.54, 1.807) is 13.0 Å². The summed E-state index contributed by atoms with van der Waals surface area (Å²) in [5.74, 6) is 0.959. The summed E-state index contributed by atoms with van der Waals surface area (Å²) < 4.78 is 5.70. The summed E-state index contributed by atoms with van der Waals surface area (Å²) in [6.45, 7) is 10.1. The molecule has 106 valence electrons. The van der Waals surface area contributed by atoms with Gasteiger partial charge < -0.3 is 10.1 Å². The van der Waals surface area contributed by atoms with Crippen molar-refractivity contribution in [2.24, 2.45) is 5.92 Å². The molecule has 5 nitrogen and oxygen atoms in total. The average Bonchev–Trinajstić information content (AvgIpc) is 2.34. The molecule has 5 heteroatoms. The van der Waals surface area contributed by atoms with Gasteiger partial charge in [-0.15, -0.1) is 0 Å². The molecule has 1 unspecified atom stereocenters. The van der Waals surface area contributed by atoms with Gasteiger partial charge in [0.1, 0.15) is 5.75 Å². The number of rotatable bonds is 7. The van der Waals surface area contributed by atoms with E-state index in [-0.39, 0.29) is 10.6 Å². The van der Waals surface area contributed by atoms with Crippen molar-refractivity contribution in [3.05, 3.63) is 33.4 Å². The van der Waals surface area contributed by atoms with E-state index in [4.69, 9.17) is 4.74 Å². The molecule has 0 saturated carbocycles. The zero-order valence-corrected chi connectivity index (χ0v) is 12.0. The Labute approximate surface area is 114 Å². The fraction of sp³-hybridized carbons (Fsp3) is 0.571. The highest BCUT2D eigenvalue weighted by molar-refractivity contribution is 5.49. The van der Waals surface area contributed by atoms with Crippen LogP contribution in [-0.2, 0) is 0 Å². The molecule has 0 amide bonds. The summed E-state index contributed by atoms with van der Waals surface area (Å²) in [4.78, 5) is 10.5. The molecule has 0 aliphatic heterocycles. The number of nitro benzene ring substituents is 1. The number of hydrogen-bond acceptors (Lipinski definition) is 4. The number of aryl methyl sites for hydroxylation is 2. The molecule has 0 aromatic heterocycles. The van der Waals surface area contributed by atoms with Crippen LogP contribution in [0.3, 0.4) is 0 Å². The van der Waals surface area contributed by atoms with Crippen LogP contribution in [0.5, 0.6) is 5.75 Å². The Balaban J connectivity index is 2.73. The van der Waals surface area contributed by atoms with Crippen molar-refractivity contribution in [3.63, 3.8) is 0 Å². The van der Waals surface area contributed by atoms with Crippen molar-refractivity contribution in [1.82, 2.24) is 5.32 Å². The molecule has 1 aromatic carbocycles. The molecule has 0 spiro atoms. The number of nitrogens with zero attached hydrogens (tertiary/aromatic N) is 1. The van der Waals surface area contributed by atoms with Gasteiger partial charge in [-0.25, -0.2) is 0 Å². The predicted molar refractivity (Wildman–Crippen MR) is 75.8 cm³/mol. The lowest BCUT2D eigenvalue weighted by atomic mass is 10.1. The van der Waals surface area contributed by atoms with Crippen LogP contribution in [0, 0.1) is 29.9 Å². The van der Waals surface area contributed by atoms with E-state index in [1.807, 2.05) is 6.92 Å². The Kier molecular flexibility index (Phi) is 5.76. The molecule has 0 aliphatic rings. The first-order valence-electron chi connectivity index (χ1n) is 6.54. The molecule has 0 saturated heterocycles. The Hall–Kier alpha value is -1.62. The molecule has 0 fully saturated rings. The summed E-state index contributed by atoms with van der Waals surface area (Å²) in [6, 6.07) is 3.31. The minimum Gasteiger partial charge on any atom is -0.493 e. The fourth-order valence-electron chi connectivity index (χ4n) is 1.86. The molecular formula is C14H22N2O3. The Morgan fingerprint density at radius 2 is 2.05 bits per heavy atom.